The minimum Gasteiger partial charge on any atom is -0.478 e. The molecule has 0 radical (unpaired) electrons. The molecule has 1 heterocycles. The smallest absolute Gasteiger partial charge is 0.328 e. The zero-order chi connectivity index (χ0) is 15.1. The molecule has 5 heteroatoms. The standard InChI is InChI=1S/C15H21NO3S/c1-4-6-11(5-2)16-15(19)13-9-10(3)12(20-13)7-8-14(17)18/h7-9,11H,4-6H2,1-3H3,(H,16,19)(H,17,18)/b8-7+. The van der Waals surface area contributed by atoms with Crippen LogP contribution >= 0.6 is 11.3 Å². The van der Waals surface area contributed by atoms with E-state index in [2.05, 4.69) is 19.2 Å². The van der Waals surface area contributed by atoms with E-state index in [1.54, 1.807) is 6.07 Å². The van der Waals surface area contributed by atoms with Crippen LogP contribution in [0.4, 0.5) is 0 Å². The van der Waals surface area contributed by atoms with Gasteiger partial charge in [-0.15, -0.1) is 11.3 Å². The molecule has 0 bridgehead atoms. The summed E-state index contributed by atoms with van der Waals surface area (Å²) < 4.78 is 0. The number of amides is 1. The van der Waals surface area contributed by atoms with Crippen LogP contribution in [0.25, 0.3) is 6.08 Å². The number of aryl methyl sites for hydroxylation is 1. The first-order chi connectivity index (χ1) is 9.47. The van der Waals surface area contributed by atoms with E-state index in [-0.39, 0.29) is 11.9 Å². The molecule has 1 rings (SSSR count). The van der Waals surface area contributed by atoms with E-state index in [9.17, 15) is 9.59 Å². The predicted molar refractivity (Wildman–Crippen MR) is 82.2 cm³/mol. The molecule has 0 fully saturated rings. The van der Waals surface area contributed by atoms with E-state index in [1.165, 1.54) is 17.4 Å². The summed E-state index contributed by atoms with van der Waals surface area (Å²) in [5.74, 6) is -1.06. The van der Waals surface area contributed by atoms with Gasteiger partial charge in [0.1, 0.15) is 0 Å². The van der Waals surface area contributed by atoms with Crippen molar-refractivity contribution in [2.75, 3.05) is 0 Å². The van der Waals surface area contributed by atoms with Crippen LogP contribution < -0.4 is 5.32 Å². The van der Waals surface area contributed by atoms with Crippen LogP contribution in [0.2, 0.25) is 0 Å². The number of thiophene rings is 1. The van der Waals surface area contributed by atoms with Crippen LogP contribution in [0, 0.1) is 6.92 Å². The van der Waals surface area contributed by atoms with E-state index < -0.39 is 5.97 Å². The lowest BCUT2D eigenvalue weighted by atomic mass is 10.1. The molecule has 0 aromatic carbocycles. The highest BCUT2D eigenvalue weighted by molar-refractivity contribution is 7.15. The number of carbonyl (C=O) groups excluding carboxylic acids is 1. The molecular formula is C15H21NO3S. The topological polar surface area (TPSA) is 66.4 Å². The van der Waals surface area contributed by atoms with Crippen LogP contribution in [-0.4, -0.2) is 23.0 Å². The van der Waals surface area contributed by atoms with Gasteiger partial charge in [0.15, 0.2) is 0 Å². The number of hydrogen-bond donors (Lipinski definition) is 2. The number of carbonyl (C=O) groups is 2. The fourth-order valence-corrected chi connectivity index (χ4v) is 2.88. The summed E-state index contributed by atoms with van der Waals surface area (Å²) in [6.45, 7) is 6.03. The van der Waals surface area contributed by atoms with Crippen molar-refractivity contribution in [2.45, 2.75) is 46.1 Å². The van der Waals surface area contributed by atoms with Crippen LogP contribution in [-0.2, 0) is 4.79 Å². The molecule has 1 aromatic heterocycles. The third-order valence-electron chi connectivity index (χ3n) is 3.02. The summed E-state index contributed by atoms with van der Waals surface area (Å²) in [4.78, 5) is 24.1. The zero-order valence-electron chi connectivity index (χ0n) is 12.1. The quantitative estimate of drug-likeness (QED) is 0.757. The monoisotopic (exact) mass is 295 g/mol. The van der Waals surface area contributed by atoms with Crippen molar-refractivity contribution in [3.8, 4) is 0 Å². The first-order valence-electron chi connectivity index (χ1n) is 6.80. The van der Waals surface area contributed by atoms with Gasteiger partial charge < -0.3 is 10.4 Å². The van der Waals surface area contributed by atoms with Gasteiger partial charge >= 0.3 is 5.97 Å². The third kappa shape index (κ3) is 4.81. The highest BCUT2D eigenvalue weighted by atomic mass is 32.1. The Morgan fingerprint density at radius 2 is 2.15 bits per heavy atom. The maximum absolute atomic E-state index is 12.2. The van der Waals surface area contributed by atoms with Gasteiger partial charge in [-0.2, -0.15) is 0 Å². The first-order valence-corrected chi connectivity index (χ1v) is 7.61. The van der Waals surface area contributed by atoms with Crippen molar-refractivity contribution in [3.63, 3.8) is 0 Å². The molecule has 2 N–H and O–H groups in total. The minimum absolute atomic E-state index is 0.0756. The zero-order valence-corrected chi connectivity index (χ0v) is 12.9. The predicted octanol–water partition coefficient (Wildman–Crippen LogP) is 3.46. The Bertz CT molecular complexity index is 505. The molecule has 1 unspecified atom stereocenters. The SMILES string of the molecule is CCCC(CC)NC(=O)c1cc(C)c(/C=C/C(=O)O)s1. The molecule has 4 nitrogen and oxygen atoms in total. The van der Waals surface area contributed by atoms with Gasteiger partial charge in [0, 0.05) is 17.0 Å². The summed E-state index contributed by atoms with van der Waals surface area (Å²) in [6.07, 6.45) is 5.54. The maximum Gasteiger partial charge on any atom is 0.328 e. The minimum atomic E-state index is -0.988. The van der Waals surface area contributed by atoms with Gasteiger partial charge in [-0.3, -0.25) is 4.79 Å². The van der Waals surface area contributed by atoms with Crippen molar-refractivity contribution in [1.29, 1.82) is 0 Å². The summed E-state index contributed by atoms with van der Waals surface area (Å²) >= 11 is 1.32. The van der Waals surface area contributed by atoms with Crippen molar-refractivity contribution >= 4 is 29.3 Å². The number of hydrogen-bond acceptors (Lipinski definition) is 3. The lowest BCUT2D eigenvalue weighted by Gasteiger charge is -2.15. The molecule has 1 amide bonds. The van der Waals surface area contributed by atoms with E-state index in [4.69, 9.17) is 5.11 Å². The van der Waals surface area contributed by atoms with E-state index in [1.807, 2.05) is 6.92 Å². The largest absolute Gasteiger partial charge is 0.478 e. The Balaban J connectivity index is 2.79. The molecular weight excluding hydrogens is 274 g/mol. The maximum atomic E-state index is 12.2. The van der Waals surface area contributed by atoms with Crippen LogP contribution in [0.3, 0.4) is 0 Å². The number of nitrogens with one attached hydrogen (secondary N) is 1. The first kappa shape index (κ1) is 16.4. The van der Waals surface area contributed by atoms with Gasteiger partial charge in [0.05, 0.1) is 4.88 Å². The summed E-state index contributed by atoms with van der Waals surface area (Å²) in [7, 11) is 0. The second-order valence-electron chi connectivity index (χ2n) is 4.70. The molecule has 0 saturated carbocycles. The lowest BCUT2D eigenvalue weighted by molar-refractivity contribution is -0.131. The van der Waals surface area contributed by atoms with Gasteiger partial charge in [-0.05, 0) is 37.5 Å². The molecule has 1 atom stereocenters. The number of aliphatic carboxylic acids is 1. The lowest BCUT2D eigenvalue weighted by Crippen LogP contribution is -2.33. The Hall–Kier alpha value is -1.62. The van der Waals surface area contributed by atoms with Gasteiger partial charge in [0.25, 0.3) is 5.91 Å². The molecule has 0 saturated heterocycles. The van der Waals surface area contributed by atoms with Crippen LogP contribution in [0.15, 0.2) is 12.1 Å². The van der Waals surface area contributed by atoms with Crippen molar-refractivity contribution in [1.82, 2.24) is 5.32 Å². The number of rotatable bonds is 7. The Morgan fingerprint density at radius 1 is 1.45 bits per heavy atom. The average Bonchev–Trinajstić information content (AvgIpc) is 2.77. The summed E-state index contributed by atoms with van der Waals surface area (Å²) in [6, 6.07) is 2.01. The highest BCUT2D eigenvalue weighted by Crippen LogP contribution is 2.23. The van der Waals surface area contributed by atoms with Crippen LogP contribution in [0.5, 0.6) is 0 Å². The van der Waals surface area contributed by atoms with Crippen molar-refractivity contribution in [3.05, 3.63) is 27.5 Å². The Morgan fingerprint density at radius 3 is 2.70 bits per heavy atom. The van der Waals surface area contributed by atoms with Gasteiger partial charge in [-0.25, -0.2) is 4.79 Å². The second-order valence-corrected chi connectivity index (χ2v) is 5.78. The average molecular weight is 295 g/mol. The second kappa shape index (κ2) is 7.85. The van der Waals surface area contributed by atoms with E-state index in [0.29, 0.717) is 4.88 Å². The van der Waals surface area contributed by atoms with E-state index >= 15 is 0 Å². The highest BCUT2D eigenvalue weighted by Gasteiger charge is 2.14. The molecule has 0 aliphatic rings. The molecule has 110 valence electrons. The molecule has 1 aromatic rings. The molecule has 0 aliphatic heterocycles. The summed E-state index contributed by atoms with van der Waals surface area (Å²) in [5, 5.41) is 11.7. The summed E-state index contributed by atoms with van der Waals surface area (Å²) in [5.41, 5.74) is 0.918. The molecule has 20 heavy (non-hydrogen) atoms. The fraction of sp³-hybridized carbons (Fsp3) is 0.467. The Labute approximate surface area is 123 Å². The normalized spacial score (nSPS) is 12.6. The third-order valence-corrected chi connectivity index (χ3v) is 4.22. The Kier molecular flexibility index (Phi) is 6.45. The molecule has 0 spiro atoms. The van der Waals surface area contributed by atoms with Crippen molar-refractivity contribution < 1.29 is 14.7 Å². The van der Waals surface area contributed by atoms with Crippen LogP contribution in [0.1, 0.15) is 53.2 Å². The van der Waals surface area contributed by atoms with Gasteiger partial charge in [-0.1, -0.05) is 20.3 Å². The van der Waals surface area contributed by atoms with E-state index in [0.717, 1.165) is 35.8 Å². The fourth-order valence-electron chi connectivity index (χ4n) is 1.90. The van der Waals surface area contributed by atoms with Gasteiger partial charge in [0.2, 0.25) is 0 Å². The number of carboxylic acids is 1. The number of carboxylic acid groups (broad SMARTS) is 1. The van der Waals surface area contributed by atoms with Crippen molar-refractivity contribution in [2.24, 2.45) is 0 Å². The molecule has 0 aliphatic carbocycles.